The van der Waals surface area contributed by atoms with E-state index in [9.17, 15) is 0 Å². The van der Waals surface area contributed by atoms with Crippen LogP contribution < -0.4 is 14.7 Å². The molecule has 10 rings (SSSR count). The Hall–Kier alpha value is -6.63. The minimum absolute atomic E-state index is 0.997. The van der Waals surface area contributed by atoms with Crippen molar-refractivity contribution in [3.8, 4) is 0 Å². The molecule has 0 unspecified atom stereocenters. The smallest absolute Gasteiger partial charge is 0.125 e. The zero-order chi connectivity index (χ0) is 39.6. The van der Waals surface area contributed by atoms with Crippen molar-refractivity contribution < 1.29 is 0 Å². The third kappa shape index (κ3) is 6.42. The van der Waals surface area contributed by atoms with Crippen LogP contribution in [0.4, 0.5) is 45.5 Å². The summed E-state index contributed by atoms with van der Waals surface area (Å²) in [6, 6.07) is 44.9. The van der Waals surface area contributed by atoms with E-state index in [1.54, 1.807) is 11.8 Å². The lowest BCUT2D eigenvalue weighted by Crippen LogP contribution is -2.24. The number of hydrogen-bond acceptors (Lipinski definition) is 6. The summed E-state index contributed by atoms with van der Waals surface area (Å²) < 4.78 is 0. The fourth-order valence-corrected chi connectivity index (χ4v) is 8.97. The normalized spacial score (nSPS) is 12.3. The van der Waals surface area contributed by atoms with E-state index in [4.69, 9.17) is 0 Å². The van der Waals surface area contributed by atoms with Gasteiger partial charge in [-0.15, -0.1) is 0 Å². The topological polar surface area (TPSA) is 35.5 Å². The molecule has 8 aromatic rings. The molecule has 57 heavy (non-hydrogen) atoms. The molecule has 0 atom stereocenters. The van der Waals surface area contributed by atoms with E-state index in [1.807, 2.05) is 50.7 Å². The van der Waals surface area contributed by atoms with Crippen LogP contribution in [0.5, 0.6) is 0 Å². The molecule has 2 aliphatic rings. The van der Waals surface area contributed by atoms with Gasteiger partial charge in [-0.05, 0) is 101 Å². The van der Waals surface area contributed by atoms with Crippen molar-refractivity contribution in [2.75, 3.05) is 21.7 Å². The highest BCUT2D eigenvalue weighted by molar-refractivity contribution is 7.99. The number of rotatable bonds is 4. The maximum Gasteiger partial charge on any atom is 0.125 e. The monoisotopic (exact) mass is 759 g/mol. The molecular weight excluding hydrogens is 715 g/mol. The van der Waals surface area contributed by atoms with Gasteiger partial charge in [0.05, 0.1) is 46.0 Å². The molecular formula is C51H45N5S. The quantitative estimate of drug-likeness (QED) is 0.166. The van der Waals surface area contributed by atoms with E-state index in [2.05, 4.69) is 180 Å². The minimum Gasteiger partial charge on any atom is -0.341 e. The second-order valence-electron chi connectivity index (χ2n) is 13.7. The average molecular weight is 760 g/mol. The summed E-state index contributed by atoms with van der Waals surface area (Å²) in [4.78, 5) is 17.2. The fraction of sp³-hybridized carbons (Fsp3) is 0.0980. The van der Waals surface area contributed by atoms with Crippen LogP contribution in [0.25, 0.3) is 33.7 Å². The molecule has 5 nitrogen and oxygen atoms in total. The fourth-order valence-electron chi connectivity index (χ4n) is 8.01. The number of aryl methyl sites for hydroxylation is 2. The standard InChI is InChI=1S/C26H17N3S.C23H22N2.C2H6/c1-2-17-18-8-3-5-10-20(18)25(21-11-6-4-9-19(17)21)29-22-12-7-14-28-26(22)30-24-13-15-27-16-23(24)29;1-5-18-14-17(3)23(15-16(18)2)25-21-12-8-6-10-19(21)24(4)20-11-7-9-13-22(20)25;1-2/h2-16H,1H2;5-15H,1H2,2-4H3;1-2H3. The molecule has 0 saturated carbocycles. The Kier molecular flexibility index (Phi) is 10.4. The van der Waals surface area contributed by atoms with Gasteiger partial charge in [-0.2, -0.15) is 0 Å². The molecule has 0 radical (unpaired) electrons. The van der Waals surface area contributed by atoms with E-state index in [-0.39, 0.29) is 0 Å². The maximum atomic E-state index is 4.67. The molecule has 2 aromatic heterocycles. The van der Waals surface area contributed by atoms with Crippen molar-refractivity contribution in [2.45, 2.75) is 37.6 Å². The van der Waals surface area contributed by atoms with Crippen molar-refractivity contribution >= 4 is 91.0 Å². The second kappa shape index (κ2) is 15.8. The number of nitrogens with zero attached hydrogens (tertiary/aromatic N) is 5. The maximum absolute atomic E-state index is 4.67. The van der Waals surface area contributed by atoms with Crippen LogP contribution in [0.1, 0.15) is 36.1 Å². The van der Waals surface area contributed by atoms with Gasteiger partial charge >= 0.3 is 0 Å². The van der Waals surface area contributed by atoms with Crippen LogP contribution in [0.3, 0.4) is 0 Å². The number of anilines is 8. The number of aromatic nitrogens is 2. The van der Waals surface area contributed by atoms with Gasteiger partial charge in [0.25, 0.3) is 0 Å². The summed E-state index contributed by atoms with van der Waals surface area (Å²) in [5, 5.41) is 5.74. The minimum atomic E-state index is 0.997. The molecule has 280 valence electrons. The summed E-state index contributed by atoms with van der Waals surface area (Å²) in [7, 11) is 2.13. The first kappa shape index (κ1) is 37.3. The Morgan fingerprint density at radius 2 is 1.11 bits per heavy atom. The van der Waals surface area contributed by atoms with Gasteiger partial charge in [0.15, 0.2) is 0 Å². The molecule has 0 bridgehead atoms. The number of fused-ring (bicyclic) bond motifs is 6. The van der Waals surface area contributed by atoms with Gasteiger partial charge in [-0.25, -0.2) is 4.98 Å². The highest BCUT2D eigenvalue weighted by Gasteiger charge is 2.30. The zero-order valence-electron chi connectivity index (χ0n) is 33.1. The molecule has 0 saturated heterocycles. The first-order valence-corrected chi connectivity index (χ1v) is 20.2. The van der Waals surface area contributed by atoms with Gasteiger partial charge < -0.3 is 14.7 Å². The van der Waals surface area contributed by atoms with Crippen LogP contribution in [0, 0.1) is 13.8 Å². The number of benzene rings is 6. The van der Waals surface area contributed by atoms with Crippen LogP contribution in [0.15, 0.2) is 169 Å². The number of pyridine rings is 2. The molecule has 0 spiro atoms. The molecule has 0 amide bonds. The molecule has 2 aliphatic heterocycles. The Bertz CT molecular complexity index is 2660. The van der Waals surface area contributed by atoms with E-state index in [0.29, 0.717) is 0 Å². The van der Waals surface area contributed by atoms with Gasteiger partial charge in [0.1, 0.15) is 5.03 Å². The van der Waals surface area contributed by atoms with Gasteiger partial charge in [0.2, 0.25) is 0 Å². The van der Waals surface area contributed by atoms with Crippen molar-refractivity contribution in [2.24, 2.45) is 0 Å². The molecule has 0 aliphatic carbocycles. The van der Waals surface area contributed by atoms with Crippen LogP contribution in [-0.2, 0) is 0 Å². The predicted molar refractivity (Wildman–Crippen MR) is 246 cm³/mol. The molecule has 0 N–H and O–H groups in total. The van der Waals surface area contributed by atoms with Crippen molar-refractivity contribution in [1.29, 1.82) is 0 Å². The van der Waals surface area contributed by atoms with Crippen molar-refractivity contribution in [1.82, 2.24) is 9.97 Å². The van der Waals surface area contributed by atoms with E-state index in [0.717, 1.165) is 32.5 Å². The third-order valence-electron chi connectivity index (χ3n) is 10.6. The number of hydrogen-bond donors (Lipinski definition) is 0. The van der Waals surface area contributed by atoms with Crippen LogP contribution in [0.2, 0.25) is 0 Å². The van der Waals surface area contributed by atoms with E-state index in [1.165, 1.54) is 66.7 Å². The lowest BCUT2D eigenvalue weighted by Gasteiger charge is -2.39. The summed E-state index contributed by atoms with van der Waals surface area (Å²) in [6.07, 6.45) is 9.54. The van der Waals surface area contributed by atoms with E-state index < -0.39 is 0 Å². The van der Waals surface area contributed by atoms with Crippen molar-refractivity contribution in [3.05, 3.63) is 181 Å². The molecule has 4 heterocycles. The lowest BCUT2D eigenvalue weighted by molar-refractivity contribution is 1.05. The van der Waals surface area contributed by atoms with E-state index >= 15 is 0 Å². The van der Waals surface area contributed by atoms with Crippen molar-refractivity contribution in [3.63, 3.8) is 0 Å². The SMILES string of the molecule is C=Cc1c2ccccc2c(N2c3cnccc3Sc3ncccc32)c2ccccc12.C=Cc1cc(C)c(N2c3ccccc3N(C)c3ccccc32)cc1C.CC. The Labute approximate surface area is 340 Å². The van der Waals surface area contributed by atoms with Gasteiger partial charge in [-0.1, -0.05) is 124 Å². The van der Waals surface area contributed by atoms with Crippen LogP contribution in [-0.4, -0.2) is 17.0 Å². The third-order valence-corrected chi connectivity index (χ3v) is 11.7. The first-order chi connectivity index (χ1) is 28.0. The van der Waals surface area contributed by atoms with Crippen LogP contribution >= 0.6 is 11.8 Å². The van der Waals surface area contributed by atoms with Gasteiger partial charge in [0, 0.05) is 40.8 Å². The number of para-hydroxylation sites is 4. The predicted octanol–water partition coefficient (Wildman–Crippen LogP) is 14.9. The summed E-state index contributed by atoms with van der Waals surface area (Å²) in [5.41, 5.74) is 14.2. The second-order valence-corrected chi connectivity index (χ2v) is 14.8. The molecule has 6 heteroatoms. The Morgan fingerprint density at radius 3 is 1.70 bits per heavy atom. The highest BCUT2D eigenvalue weighted by atomic mass is 32.2. The Morgan fingerprint density at radius 1 is 0.544 bits per heavy atom. The molecule has 6 aromatic carbocycles. The highest BCUT2D eigenvalue weighted by Crippen LogP contribution is 2.54. The largest absolute Gasteiger partial charge is 0.341 e. The van der Waals surface area contributed by atoms with Gasteiger partial charge in [-0.3, -0.25) is 4.98 Å². The summed E-state index contributed by atoms with van der Waals surface area (Å²) in [6.45, 7) is 16.4. The molecule has 0 fully saturated rings. The zero-order valence-corrected chi connectivity index (χ0v) is 33.9. The summed E-state index contributed by atoms with van der Waals surface area (Å²) >= 11 is 1.69. The first-order valence-electron chi connectivity index (χ1n) is 19.4. The average Bonchev–Trinajstić information content (AvgIpc) is 3.27. The Balaban J connectivity index is 0.000000156. The summed E-state index contributed by atoms with van der Waals surface area (Å²) in [5.74, 6) is 0. The lowest BCUT2D eigenvalue weighted by atomic mass is 9.93.